The maximum atomic E-state index is 14.2. The van der Waals surface area contributed by atoms with Crippen molar-refractivity contribution in [2.45, 2.75) is 59.4 Å². The molecule has 3 nitrogen and oxygen atoms in total. The molecule has 0 heterocycles. The van der Waals surface area contributed by atoms with Gasteiger partial charge in [0.1, 0.15) is 0 Å². The van der Waals surface area contributed by atoms with Crippen molar-refractivity contribution < 1.29 is 18.3 Å². The monoisotopic (exact) mass is 328 g/mol. The molecular formula is C17H29FO3Si. The lowest BCUT2D eigenvalue weighted by Gasteiger charge is -2.36. The van der Waals surface area contributed by atoms with E-state index in [-0.39, 0.29) is 16.5 Å². The minimum Gasteiger partial charge on any atom is -0.491 e. The Morgan fingerprint density at radius 3 is 1.82 bits per heavy atom. The lowest BCUT2D eigenvalue weighted by molar-refractivity contribution is 0.268. The van der Waals surface area contributed by atoms with Crippen molar-refractivity contribution in [3.63, 3.8) is 0 Å². The van der Waals surface area contributed by atoms with Crippen LogP contribution in [-0.2, 0) is 11.0 Å². The van der Waals surface area contributed by atoms with Gasteiger partial charge in [-0.05, 0) is 49.7 Å². The minimum atomic E-state index is -1.85. The fourth-order valence-electron chi connectivity index (χ4n) is 1.71. The molecule has 0 aliphatic heterocycles. The summed E-state index contributed by atoms with van der Waals surface area (Å²) in [5, 5.41) is 0.137. The topological polar surface area (TPSA) is 27.7 Å². The smallest absolute Gasteiger partial charge is 0.206 e. The zero-order valence-corrected chi connectivity index (χ0v) is 15.9. The van der Waals surface area contributed by atoms with Gasteiger partial charge in [-0.25, -0.2) is 0 Å². The van der Waals surface area contributed by atoms with Crippen LogP contribution in [0.3, 0.4) is 0 Å². The molecule has 0 saturated carbocycles. The standard InChI is InChI=1S/C17H29FO3Si/c1-8-19-14-10-13(11-15(16(14)18)20-9-2)12-21-22(6,7)17(3,4)5/h10-11H,8-9,12H2,1-7H3. The van der Waals surface area contributed by atoms with E-state index in [0.717, 1.165) is 5.56 Å². The first-order valence-electron chi connectivity index (χ1n) is 7.84. The molecule has 0 aromatic heterocycles. The van der Waals surface area contributed by atoms with Crippen LogP contribution in [-0.4, -0.2) is 21.5 Å². The summed E-state index contributed by atoms with van der Waals surface area (Å²) in [5.74, 6) is 0.00402. The third-order valence-electron chi connectivity index (χ3n) is 4.07. The molecule has 5 heteroatoms. The molecule has 22 heavy (non-hydrogen) atoms. The predicted octanol–water partition coefficient (Wildman–Crippen LogP) is 5.14. The molecule has 0 saturated heterocycles. The van der Waals surface area contributed by atoms with Gasteiger partial charge in [0.15, 0.2) is 19.8 Å². The maximum absolute atomic E-state index is 14.2. The van der Waals surface area contributed by atoms with Crippen LogP contribution < -0.4 is 9.47 Å². The SMILES string of the molecule is CCOc1cc(CO[Si](C)(C)C(C)(C)C)cc(OCC)c1F. The lowest BCUT2D eigenvalue weighted by atomic mass is 10.2. The van der Waals surface area contributed by atoms with Crippen LogP contribution in [0.1, 0.15) is 40.2 Å². The molecule has 0 atom stereocenters. The fourth-order valence-corrected chi connectivity index (χ4v) is 2.67. The molecule has 0 amide bonds. The quantitative estimate of drug-likeness (QED) is 0.648. The van der Waals surface area contributed by atoms with Gasteiger partial charge in [-0.15, -0.1) is 0 Å². The van der Waals surface area contributed by atoms with Crippen LogP contribution in [0.15, 0.2) is 12.1 Å². The molecule has 0 unspecified atom stereocenters. The average molecular weight is 329 g/mol. The summed E-state index contributed by atoms with van der Waals surface area (Å²) in [4.78, 5) is 0. The van der Waals surface area contributed by atoms with E-state index in [4.69, 9.17) is 13.9 Å². The van der Waals surface area contributed by atoms with E-state index in [1.54, 1.807) is 12.1 Å². The number of rotatable bonds is 7. The molecule has 0 N–H and O–H groups in total. The van der Waals surface area contributed by atoms with Crippen molar-refractivity contribution in [2.24, 2.45) is 0 Å². The number of hydrogen-bond acceptors (Lipinski definition) is 3. The van der Waals surface area contributed by atoms with Gasteiger partial charge < -0.3 is 13.9 Å². The lowest BCUT2D eigenvalue weighted by Crippen LogP contribution is -2.40. The third kappa shape index (κ3) is 4.71. The second-order valence-corrected chi connectivity index (χ2v) is 11.6. The van der Waals surface area contributed by atoms with Gasteiger partial charge in [0.2, 0.25) is 5.82 Å². The van der Waals surface area contributed by atoms with E-state index in [2.05, 4.69) is 33.9 Å². The summed E-state index contributed by atoms with van der Waals surface area (Å²) in [6.07, 6.45) is 0. The van der Waals surface area contributed by atoms with Crippen molar-refractivity contribution in [1.29, 1.82) is 0 Å². The fraction of sp³-hybridized carbons (Fsp3) is 0.647. The number of halogens is 1. The summed E-state index contributed by atoms with van der Waals surface area (Å²) in [5.41, 5.74) is 0.873. The summed E-state index contributed by atoms with van der Waals surface area (Å²) in [6.45, 7) is 15.9. The molecule has 1 aromatic carbocycles. The molecule has 0 fully saturated rings. The van der Waals surface area contributed by atoms with E-state index >= 15 is 0 Å². The molecule has 1 aromatic rings. The number of hydrogen-bond donors (Lipinski definition) is 0. The Balaban J connectivity index is 2.99. The first kappa shape index (κ1) is 19.0. The maximum Gasteiger partial charge on any atom is 0.206 e. The molecule has 1 rings (SSSR count). The van der Waals surface area contributed by atoms with Crippen molar-refractivity contribution in [2.75, 3.05) is 13.2 Å². The van der Waals surface area contributed by atoms with Crippen LogP contribution in [0.25, 0.3) is 0 Å². The highest BCUT2D eigenvalue weighted by Gasteiger charge is 2.37. The van der Waals surface area contributed by atoms with Crippen LogP contribution >= 0.6 is 0 Å². The van der Waals surface area contributed by atoms with Crippen LogP contribution in [0, 0.1) is 5.82 Å². The van der Waals surface area contributed by atoms with Crippen LogP contribution in [0.4, 0.5) is 4.39 Å². The van der Waals surface area contributed by atoms with Gasteiger partial charge >= 0.3 is 0 Å². The third-order valence-corrected chi connectivity index (χ3v) is 8.55. The average Bonchev–Trinajstić information content (AvgIpc) is 2.40. The van der Waals surface area contributed by atoms with Crippen molar-refractivity contribution in [1.82, 2.24) is 0 Å². The van der Waals surface area contributed by atoms with Gasteiger partial charge in [-0.1, -0.05) is 20.8 Å². The first-order chi connectivity index (χ1) is 10.1. The second kappa shape index (κ2) is 7.46. The van der Waals surface area contributed by atoms with E-state index in [1.165, 1.54) is 0 Å². The highest BCUT2D eigenvalue weighted by molar-refractivity contribution is 6.74. The highest BCUT2D eigenvalue weighted by atomic mass is 28.4. The molecule has 0 radical (unpaired) electrons. The van der Waals surface area contributed by atoms with Crippen LogP contribution in [0.2, 0.25) is 18.1 Å². The van der Waals surface area contributed by atoms with Gasteiger partial charge in [0, 0.05) is 0 Å². The summed E-state index contributed by atoms with van der Waals surface area (Å²) < 4.78 is 31.1. The van der Waals surface area contributed by atoms with E-state index in [1.807, 2.05) is 13.8 Å². The first-order valence-corrected chi connectivity index (χ1v) is 10.7. The zero-order valence-electron chi connectivity index (χ0n) is 14.9. The molecule has 126 valence electrons. The molecule has 0 bridgehead atoms. The van der Waals surface area contributed by atoms with Crippen molar-refractivity contribution in [3.8, 4) is 11.5 Å². The highest BCUT2D eigenvalue weighted by Crippen LogP contribution is 2.37. The minimum absolute atomic E-state index is 0.137. The predicted molar refractivity (Wildman–Crippen MR) is 90.7 cm³/mol. The molecular weight excluding hydrogens is 299 g/mol. The Morgan fingerprint density at radius 1 is 1.00 bits per heavy atom. The normalized spacial score (nSPS) is 12.4. The molecule has 0 aliphatic rings. The largest absolute Gasteiger partial charge is 0.491 e. The van der Waals surface area contributed by atoms with Gasteiger partial charge in [0.05, 0.1) is 19.8 Å². The van der Waals surface area contributed by atoms with Gasteiger partial charge in [-0.2, -0.15) is 4.39 Å². The second-order valence-electron chi connectivity index (χ2n) is 6.82. The van der Waals surface area contributed by atoms with E-state index < -0.39 is 14.1 Å². The Kier molecular flexibility index (Phi) is 6.44. The van der Waals surface area contributed by atoms with E-state index in [0.29, 0.717) is 19.8 Å². The van der Waals surface area contributed by atoms with E-state index in [9.17, 15) is 4.39 Å². The Bertz CT molecular complexity index is 468. The Morgan fingerprint density at radius 2 is 1.45 bits per heavy atom. The van der Waals surface area contributed by atoms with Crippen LogP contribution in [0.5, 0.6) is 11.5 Å². The van der Waals surface area contributed by atoms with Crippen molar-refractivity contribution in [3.05, 3.63) is 23.5 Å². The Labute approximate surface area is 134 Å². The van der Waals surface area contributed by atoms with Gasteiger partial charge in [-0.3, -0.25) is 0 Å². The van der Waals surface area contributed by atoms with Crippen molar-refractivity contribution >= 4 is 8.32 Å². The molecule has 0 spiro atoms. The Hall–Kier alpha value is -1.07. The summed E-state index contributed by atoms with van der Waals surface area (Å²) in [6, 6.07) is 3.41. The molecule has 0 aliphatic carbocycles. The number of benzene rings is 1. The zero-order chi connectivity index (χ0) is 17.0. The number of ether oxygens (including phenoxy) is 2. The summed E-state index contributed by atoms with van der Waals surface area (Å²) in [7, 11) is -1.85. The summed E-state index contributed by atoms with van der Waals surface area (Å²) >= 11 is 0. The van der Waals surface area contributed by atoms with Gasteiger partial charge in [0.25, 0.3) is 0 Å².